The Morgan fingerprint density at radius 2 is 2.00 bits per heavy atom. The van der Waals surface area contributed by atoms with Crippen LogP contribution in [0.15, 0.2) is 47.7 Å². The van der Waals surface area contributed by atoms with Crippen molar-refractivity contribution >= 4 is 47.2 Å². The van der Waals surface area contributed by atoms with E-state index in [0.717, 1.165) is 36.7 Å². The number of anilines is 2. The fraction of sp³-hybridized carbons (Fsp3) is 0.409. The van der Waals surface area contributed by atoms with Crippen molar-refractivity contribution in [2.24, 2.45) is 4.99 Å². The third kappa shape index (κ3) is 7.43. The Morgan fingerprint density at radius 3 is 2.62 bits per heavy atom. The van der Waals surface area contributed by atoms with E-state index in [2.05, 4.69) is 30.8 Å². The molecule has 1 aliphatic heterocycles. The zero-order chi connectivity index (χ0) is 22.1. The zero-order valence-electron chi connectivity index (χ0n) is 18.6. The normalized spacial score (nSPS) is 15.5. The highest BCUT2D eigenvalue weighted by Crippen LogP contribution is 2.30. The third-order valence-corrected chi connectivity index (χ3v) is 4.90. The molecule has 0 radical (unpaired) electrons. The first-order valence-electron chi connectivity index (χ1n) is 10.3. The van der Waals surface area contributed by atoms with Crippen molar-refractivity contribution in [3.8, 4) is 11.5 Å². The minimum Gasteiger partial charge on any atom is -0.497 e. The minimum absolute atomic E-state index is 0. The second kappa shape index (κ2) is 12.9. The lowest BCUT2D eigenvalue weighted by Gasteiger charge is -2.21. The van der Waals surface area contributed by atoms with Gasteiger partial charge in [-0.1, -0.05) is 0 Å². The molecular weight excluding hydrogens is 523 g/mol. The van der Waals surface area contributed by atoms with E-state index < -0.39 is 0 Å². The second-order valence-corrected chi connectivity index (χ2v) is 7.13. The molecule has 0 bridgehead atoms. The molecule has 1 amide bonds. The summed E-state index contributed by atoms with van der Waals surface area (Å²) in [5.41, 5.74) is 1.71. The number of halogens is 1. The molecule has 174 valence electrons. The van der Waals surface area contributed by atoms with Crippen molar-refractivity contribution in [1.82, 2.24) is 15.6 Å². The van der Waals surface area contributed by atoms with E-state index in [0.29, 0.717) is 18.2 Å². The summed E-state index contributed by atoms with van der Waals surface area (Å²) in [4.78, 5) is 22.9. The second-order valence-electron chi connectivity index (χ2n) is 7.13. The van der Waals surface area contributed by atoms with Crippen LogP contribution in [0.5, 0.6) is 11.5 Å². The van der Waals surface area contributed by atoms with Crippen molar-refractivity contribution in [3.63, 3.8) is 0 Å². The molecule has 3 rings (SSSR count). The molecule has 1 unspecified atom stereocenters. The van der Waals surface area contributed by atoms with Crippen LogP contribution in [-0.2, 0) is 4.79 Å². The number of carbonyl (C=O) groups excluding carboxylic acids is 1. The van der Waals surface area contributed by atoms with Gasteiger partial charge in [-0.05, 0) is 25.5 Å². The number of nitrogens with zero attached hydrogens (tertiary/aromatic N) is 3. The topological polar surface area (TPSA) is 100 Å². The van der Waals surface area contributed by atoms with E-state index in [1.54, 1.807) is 38.7 Å². The molecule has 10 heteroatoms. The van der Waals surface area contributed by atoms with Gasteiger partial charge in [-0.25, -0.2) is 4.99 Å². The van der Waals surface area contributed by atoms with Gasteiger partial charge in [-0.3, -0.25) is 9.78 Å². The summed E-state index contributed by atoms with van der Waals surface area (Å²) in [7, 11) is 3.30. The molecule has 32 heavy (non-hydrogen) atoms. The van der Waals surface area contributed by atoms with Crippen molar-refractivity contribution < 1.29 is 14.3 Å². The minimum atomic E-state index is -0.193. The Labute approximate surface area is 206 Å². The average Bonchev–Trinajstić information content (AvgIpc) is 3.26. The summed E-state index contributed by atoms with van der Waals surface area (Å²) in [5, 5.41) is 9.43. The van der Waals surface area contributed by atoms with Gasteiger partial charge < -0.3 is 30.3 Å². The number of hydrogen-bond donors (Lipinski definition) is 3. The van der Waals surface area contributed by atoms with Gasteiger partial charge in [0.2, 0.25) is 5.91 Å². The lowest BCUT2D eigenvalue weighted by Crippen LogP contribution is -2.45. The van der Waals surface area contributed by atoms with Gasteiger partial charge in [-0.15, -0.1) is 24.0 Å². The molecule has 2 heterocycles. The number of ether oxygens (including phenoxy) is 2. The van der Waals surface area contributed by atoms with Crippen LogP contribution < -0.4 is 30.3 Å². The van der Waals surface area contributed by atoms with Gasteiger partial charge in [-0.2, -0.15) is 0 Å². The van der Waals surface area contributed by atoms with Crippen molar-refractivity contribution in [2.45, 2.75) is 19.4 Å². The lowest BCUT2D eigenvalue weighted by molar-refractivity contribution is -0.114. The molecule has 1 atom stereocenters. The summed E-state index contributed by atoms with van der Waals surface area (Å²) in [5.74, 6) is 1.96. The first-order valence-corrected chi connectivity index (χ1v) is 10.3. The SMILES string of the molecule is CCNC(=NCC(=O)Nc1cccnc1)NC1CCN(c2cc(OC)cc(OC)c2)C1.I. The van der Waals surface area contributed by atoms with Crippen LogP contribution in [-0.4, -0.2) is 63.3 Å². The summed E-state index contributed by atoms with van der Waals surface area (Å²) in [6.07, 6.45) is 4.21. The van der Waals surface area contributed by atoms with Gasteiger partial charge in [0.1, 0.15) is 18.0 Å². The number of aromatic nitrogens is 1. The largest absolute Gasteiger partial charge is 0.497 e. The van der Waals surface area contributed by atoms with Crippen LogP contribution in [0.1, 0.15) is 13.3 Å². The molecule has 2 aromatic rings. The molecule has 9 nitrogen and oxygen atoms in total. The number of nitrogens with one attached hydrogen (secondary N) is 3. The van der Waals surface area contributed by atoms with E-state index in [-0.39, 0.29) is 42.5 Å². The number of hydrogen-bond acceptors (Lipinski definition) is 6. The molecular formula is C22H31IN6O3. The number of aliphatic imine (C=N–C) groups is 1. The maximum atomic E-state index is 12.2. The number of carbonyl (C=O) groups is 1. The highest BCUT2D eigenvalue weighted by Gasteiger charge is 2.24. The molecule has 1 aliphatic rings. The quantitative estimate of drug-likeness (QED) is 0.262. The van der Waals surface area contributed by atoms with E-state index in [1.807, 2.05) is 25.1 Å². The molecule has 1 fully saturated rings. The van der Waals surface area contributed by atoms with Crippen LogP contribution in [0, 0.1) is 0 Å². The maximum Gasteiger partial charge on any atom is 0.246 e. The Kier molecular flexibility index (Phi) is 10.3. The number of rotatable bonds is 8. The maximum absolute atomic E-state index is 12.2. The standard InChI is InChI=1S/C22H30N6O3.HI/c1-4-24-22(25-14-21(29)26-16-6-5-8-23-13-16)27-17-7-9-28(15-17)18-10-19(30-2)12-20(11-18)31-3;/h5-6,8,10-13,17H,4,7,9,14-15H2,1-3H3,(H,26,29)(H2,24,25,27);1H. The first-order chi connectivity index (χ1) is 15.1. The number of amides is 1. The number of benzene rings is 1. The average molecular weight is 554 g/mol. The number of guanidine groups is 1. The van der Waals surface area contributed by atoms with Crippen LogP contribution in [0.25, 0.3) is 0 Å². The third-order valence-electron chi connectivity index (χ3n) is 4.90. The summed E-state index contributed by atoms with van der Waals surface area (Å²) in [6, 6.07) is 9.64. The molecule has 1 aromatic carbocycles. The summed E-state index contributed by atoms with van der Waals surface area (Å²) < 4.78 is 10.8. The van der Waals surface area contributed by atoms with Crippen LogP contribution in [0.3, 0.4) is 0 Å². The van der Waals surface area contributed by atoms with Gasteiger partial charge in [0.05, 0.1) is 26.1 Å². The Morgan fingerprint density at radius 1 is 1.25 bits per heavy atom. The summed E-state index contributed by atoms with van der Waals surface area (Å²) >= 11 is 0. The molecule has 0 aliphatic carbocycles. The fourth-order valence-electron chi connectivity index (χ4n) is 3.39. The number of methoxy groups -OCH3 is 2. The first kappa shape index (κ1) is 25.5. The van der Waals surface area contributed by atoms with E-state index in [1.165, 1.54) is 0 Å². The predicted octanol–water partition coefficient (Wildman–Crippen LogP) is 2.49. The Bertz CT molecular complexity index is 874. The Balaban J connectivity index is 0.00000363. The highest BCUT2D eigenvalue weighted by molar-refractivity contribution is 14.0. The smallest absolute Gasteiger partial charge is 0.246 e. The zero-order valence-corrected chi connectivity index (χ0v) is 21.0. The number of pyridine rings is 1. The van der Waals surface area contributed by atoms with Gasteiger partial charge >= 0.3 is 0 Å². The van der Waals surface area contributed by atoms with Gasteiger partial charge in [0, 0.05) is 55.8 Å². The van der Waals surface area contributed by atoms with E-state index in [4.69, 9.17) is 9.47 Å². The van der Waals surface area contributed by atoms with E-state index in [9.17, 15) is 4.79 Å². The van der Waals surface area contributed by atoms with Crippen molar-refractivity contribution in [1.29, 1.82) is 0 Å². The molecule has 0 saturated carbocycles. The monoisotopic (exact) mass is 554 g/mol. The molecule has 1 aromatic heterocycles. The van der Waals surface area contributed by atoms with E-state index >= 15 is 0 Å². The Hall–Kier alpha value is -2.76. The molecule has 0 spiro atoms. The fourth-order valence-corrected chi connectivity index (χ4v) is 3.39. The van der Waals surface area contributed by atoms with Crippen molar-refractivity contribution in [2.75, 3.05) is 50.6 Å². The van der Waals surface area contributed by atoms with Crippen LogP contribution in [0.4, 0.5) is 11.4 Å². The van der Waals surface area contributed by atoms with Crippen LogP contribution >= 0.6 is 24.0 Å². The predicted molar refractivity (Wildman–Crippen MR) is 138 cm³/mol. The summed E-state index contributed by atoms with van der Waals surface area (Å²) in [6.45, 7) is 4.43. The van der Waals surface area contributed by atoms with Crippen molar-refractivity contribution in [3.05, 3.63) is 42.7 Å². The molecule has 3 N–H and O–H groups in total. The van der Waals surface area contributed by atoms with Crippen LogP contribution in [0.2, 0.25) is 0 Å². The molecule has 1 saturated heterocycles. The van der Waals surface area contributed by atoms with Gasteiger partial charge in [0.15, 0.2) is 5.96 Å². The van der Waals surface area contributed by atoms with Gasteiger partial charge in [0.25, 0.3) is 0 Å². The highest BCUT2D eigenvalue weighted by atomic mass is 127. The lowest BCUT2D eigenvalue weighted by atomic mass is 10.2.